The molecule has 1 rings (SSSR count). The normalized spacial score (nSPS) is 12.7. The second-order valence-electron chi connectivity index (χ2n) is 4.42. The van der Waals surface area contributed by atoms with Crippen LogP contribution in [0.1, 0.15) is 0 Å². The molecule has 0 amide bonds. The van der Waals surface area contributed by atoms with Crippen LogP contribution in [0.3, 0.4) is 0 Å². The van der Waals surface area contributed by atoms with Gasteiger partial charge in [0.15, 0.2) is 0 Å². The van der Waals surface area contributed by atoms with Gasteiger partial charge >= 0.3 is 17.1 Å². The van der Waals surface area contributed by atoms with Gasteiger partial charge in [-0.15, -0.1) is 0 Å². The fourth-order valence-electron chi connectivity index (χ4n) is 1.54. The van der Waals surface area contributed by atoms with Crippen LogP contribution < -0.4 is 5.19 Å². The first-order chi connectivity index (χ1) is 8.49. The van der Waals surface area contributed by atoms with E-state index in [1.165, 1.54) is 0 Å². The number of rotatable bonds is 7. The molecule has 0 aromatic heterocycles. The van der Waals surface area contributed by atoms with Crippen molar-refractivity contribution in [2.45, 2.75) is 13.1 Å². The quantitative estimate of drug-likeness (QED) is 0.713. The molecule has 0 spiro atoms. The van der Waals surface area contributed by atoms with Gasteiger partial charge in [0.1, 0.15) is 0 Å². The Balaban J connectivity index is 2.88. The Morgan fingerprint density at radius 3 is 1.89 bits per heavy atom. The molecular weight excluding hydrogens is 264 g/mol. The number of benzene rings is 1. The van der Waals surface area contributed by atoms with Crippen LogP contribution in [0.5, 0.6) is 0 Å². The summed E-state index contributed by atoms with van der Waals surface area (Å²) in [5.74, 6) is 0. The van der Waals surface area contributed by atoms with Gasteiger partial charge in [0.2, 0.25) is 0 Å². The van der Waals surface area contributed by atoms with Crippen molar-refractivity contribution in [2.24, 2.45) is 0 Å². The van der Waals surface area contributed by atoms with E-state index in [0.29, 0.717) is 6.23 Å². The summed E-state index contributed by atoms with van der Waals surface area (Å²) < 4.78 is 22.6. The standard InChI is InChI=1S/C12H22O4Si2/c1-13-17(4,5)16-11-18(14-2,15-3)12-9-7-6-8-10-12/h6-10H,11H2,1-5H3. The summed E-state index contributed by atoms with van der Waals surface area (Å²) in [6, 6.07) is 9.97. The third-order valence-electron chi connectivity index (χ3n) is 2.97. The molecule has 6 heteroatoms. The highest BCUT2D eigenvalue weighted by Crippen LogP contribution is 2.12. The van der Waals surface area contributed by atoms with Gasteiger partial charge in [-0.25, -0.2) is 0 Å². The van der Waals surface area contributed by atoms with Crippen LogP contribution in [0.15, 0.2) is 30.3 Å². The average Bonchev–Trinajstić information content (AvgIpc) is 2.42. The van der Waals surface area contributed by atoms with E-state index in [0.717, 1.165) is 5.19 Å². The van der Waals surface area contributed by atoms with Crippen LogP contribution in [0.2, 0.25) is 13.1 Å². The Hall–Kier alpha value is -0.506. The van der Waals surface area contributed by atoms with E-state index in [4.69, 9.17) is 17.7 Å². The van der Waals surface area contributed by atoms with E-state index in [1.807, 2.05) is 43.4 Å². The van der Waals surface area contributed by atoms with Crippen LogP contribution >= 0.6 is 0 Å². The Labute approximate surface area is 111 Å². The molecule has 1 aromatic carbocycles. The largest absolute Gasteiger partial charge is 0.398 e. The first-order valence-corrected chi connectivity index (χ1v) is 10.7. The SMILES string of the molecule is CO[Si](C)(C)OC[Si](OC)(OC)c1ccccc1. The highest BCUT2D eigenvalue weighted by Gasteiger charge is 2.41. The van der Waals surface area contributed by atoms with Crippen molar-refractivity contribution in [3.8, 4) is 0 Å². The summed E-state index contributed by atoms with van der Waals surface area (Å²) in [6.07, 6.45) is 0.442. The monoisotopic (exact) mass is 286 g/mol. The molecule has 18 heavy (non-hydrogen) atoms. The molecule has 0 heterocycles. The van der Waals surface area contributed by atoms with Crippen LogP contribution in [0, 0.1) is 0 Å². The smallest absolute Gasteiger partial charge is 0.397 e. The van der Waals surface area contributed by atoms with E-state index in [1.54, 1.807) is 21.3 Å². The van der Waals surface area contributed by atoms with Gasteiger partial charge in [-0.3, -0.25) is 0 Å². The average molecular weight is 286 g/mol. The van der Waals surface area contributed by atoms with Crippen molar-refractivity contribution in [1.82, 2.24) is 0 Å². The molecule has 0 atom stereocenters. The Kier molecular flexibility index (Phi) is 5.70. The van der Waals surface area contributed by atoms with Gasteiger partial charge in [0.05, 0.1) is 6.23 Å². The minimum absolute atomic E-state index is 0.442. The molecule has 0 radical (unpaired) electrons. The zero-order chi connectivity index (χ0) is 13.6. The lowest BCUT2D eigenvalue weighted by Crippen LogP contribution is -2.58. The van der Waals surface area contributed by atoms with Crippen molar-refractivity contribution in [1.29, 1.82) is 0 Å². The van der Waals surface area contributed by atoms with Gasteiger partial charge in [-0.1, -0.05) is 30.3 Å². The van der Waals surface area contributed by atoms with Crippen LogP contribution in [0.25, 0.3) is 0 Å². The fraction of sp³-hybridized carbons (Fsp3) is 0.500. The zero-order valence-electron chi connectivity index (χ0n) is 11.7. The summed E-state index contributed by atoms with van der Waals surface area (Å²) in [6.45, 7) is 4.00. The second kappa shape index (κ2) is 6.60. The van der Waals surface area contributed by atoms with E-state index in [2.05, 4.69) is 0 Å². The third kappa shape index (κ3) is 3.74. The van der Waals surface area contributed by atoms with Gasteiger partial charge in [0, 0.05) is 21.3 Å². The van der Waals surface area contributed by atoms with E-state index >= 15 is 0 Å². The van der Waals surface area contributed by atoms with E-state index < -0.39 is 17.1 Å². The lowest BCUT2D eigenvalue weighted by Gasteiger charge is -2.31. The summed E-state index contributed by atoms with van der Waals surface area (Å²) in [7, 11) is 0.435. The summed E-state index contributed by atoms with van der Waals surface area (Å²) in [5, 5.41) is 1.07. The lowest BCUT2D eigenvalue weighted by molar-refractivity contribution is 0.185. The molecule has 0 aliphatic heterocycles. The lowest BCUT2D eigenvalue weighted by atomic mass is 10.4. The molecule has 4 nitrogen and oxygen atoms in total. The first-order valence-electron chi connectivity index (χ1n) is 5.84. The van der Waals surface area contributed by atoms with Crippen molar-refractivity contribution < 1.29 is 17.7 Å². The molecular formula is C12H22O4Si2. The molecule has 0 bridgehead atoms. The second-order valence-corrected chi connectivity index (χ2v) is 11.1. The van der Waals surface area contributed by atoms with Crippen molar-refractivity contribution >= 4 is 22.3 Å². The minimum Gasteiger partial charge on any atom is -0.398 e. The molecule has 102 valence electrons. The molecule has 0 aliphatic rings. The van der Waals surface area contributed by atoms with E-state index in [9.17, 15) is 0 Å². The van der Waals surface area contributed by atoms with Gasteiger partial charge < -0.3 is 17.7 Å². The van der Waals surface area contributed by atoms with E-state index in [-0.39, 0.29) is 0 Å². The molecule has 0 saturated carbocycles. The Bertz CT molecular complexity index is 352. The maximum absolute atomic E-state index is 5.91. The fourth-order valence-corrected chi connectivity index (χ4v) is 5.55. The number of hydrogen-bond acceptors (Lipinski definition) is 4. The maximum atomic E-state index is 5.91. The van der Waals surface area contributed by atoms with Crippen LogP contribution in [-0.2, 0) is 17.7 Å². The highest BCUT2D eigenvalue weighted by atomic mass is 28.4. The summed E-state index contributed by atoms with van der Waals surface area (Å²) in [4.78, 5) is 0. The van der Waals surface area contributed by atoms with Crippen LogP contribution in [-0.4, -0.2) is 44.7 Å². The summed E-state index contributed by atoms with van der Waals surface area (Å²) >= 11 is 0. The highest BCUT2D eigenvalue weighted by molar-refractivity contribution is 6.81. The number of hydrogen-bond donors (Lipinski definition) is 0. The Morgan fingerprint density at radius 1 is 0.889 bits per heavy atom. The zero-order valence-corrected chi connectivity index (χ0v) is 13.7. The predicted octanol–water partition coefficient (Wildman–Crippen LogP) is 1.53. The van der Waals surface area contributed by atoms with Crippen molar-refractivity contribution in [3.05, 3.63) is 30.3 Å². The molecule has 0 saturated heterocycles. The Morgan fingerprint density at radius 2 is 1.44 bits per heavy atom. The van der Waals surface area contributed by atoms with Crippen molar-refractivity contribution in [3.63, 3.8) is 0 Å². The molecule has 0 aliphatic carbocycles. The minimum atomic E-state index is -2.51. The third-order valence-corrected chi connectivity index (χ3v) is 8.14. The maximum Gasteiger partial charge on any atom is 0.397 e. The van der Waals surface area contributed by atoms with Gasteiger partial charge in [-0.2, -0.15) is 0 Å². The molecule has 1 aromatic rings. The first kappa shape index (κ1) is 15.6. The van der Waals surface area contributed by atoms with Crippen LogP contribution in [0.4, 0.5) is 0 Å². The van der Waals surface area contributed by atoms with Crippen molar-refractivity contribution in [2.75, 3.05) is 27.6 Å². The van der Waals surface area contributed by atoms with Gasteiger partial charge in [0.25, 0.3) is 0 Å². The summed E-state index contributed by atoms with van der Waals surface area (Å²) in [5.41, 5.74) is 0. The molecule has 0 unspecified atom stereocenters. The van der Waals surface area contributed by atoms with Gasteiger partial charge in [-0.05, 0) is 18.3 Å². The molecule has 0 fully saturated rings. The topological polar surface area (TPSA) is 36.9 Å². The predicted molar refractivity (Wildman–Crippen MR) is 76.3 cm³/mol. The molecule has 0 N–H and O–H groups in total.